The highest BCUT2D eigenvalue weighted by molar-refractivity contribution is 7.99. The van der Waals surface area contributed by atoms with Gasteiger partial charge in [0.1, 0.15) is 0 Å². The number of rotatable bonds is 4. The average Bonchev–Trinajstić information content (AvgIpc) is 2.50. The van der Waals surface area contributed by atoms with Gasteiger partial charge in [0.25, 0.3) is 0 Å². The molecule has 0 amide bonds. The number of nitrogens with zero attached hydrogens (tertiary/aromatic N) is 2. The SMILES string of the molecule is CCSc1c(Cl)cccc1C(C)=Nc1cc(C(F)(F)F)cnc1C. The molecule has 0 aliphatic heterocycles. The van der Waals surface area contributed by atoms with Crippen LogP contribution in [-0.4, -0.2) is 16.4 Å². The summed E-state index contributed by atoms with van der Waals surface area (Å²) in [4.78, 5) is 9.05. The third-order valence-electron chi connectivity index (χ3n) is 3.32. The van der Waals surface area contributed by atoms with Gasteiger partial charge in [-0.25, -0.2) is 0 Å². The van der Waals surface area contributed by atoms with Gasteiger partial charge < -0.3 is 0 Å². The molecule has 1 aromatic carbocycles. The van der Waals surface area contributed by atoms with Crippen molar-refractivity contribution >= 4 is 34.8 Å². The molecule has 2 nitrogen and oxygen atoms in total. The Morgan fingerprint density at radius 3 is 2.67 bits per heavy atom. The van der Waals surface area contributed by atoms with Gasteiger partial charge in [-0.15, -0.1) is 11.8 Å². The Morgan fingerprint density at radius 2 is 2.04 bits per heavy atom. The highest BCUT2D eigenvalue weighted by atomic mass is 35.5. The number of hydrogen-bond donors (Lipinski definition) is 0. The minimum atomic E-state index is -4.45. The molecule has 0 N–H and O–H groups in total. The van der Waals surface area contributed by atoms with Gasteiger partial charge >= 0.3 is 6.18 Å². The van der Waals surface area contributed by atoms with E-state index in [1.807, 2.05) is 13.0 Å². The number of thioether (sulfide) groups is 1. The second-order valence-corrected chi connectivity index (χ2v) is 6.75. The molecule has 0 aliphatic rings. The molecule has 0 fully saturated rings. The first-order chi connectivity index (χ1) is 11.2. The molecule has 24 heavy (non-hydrogen) atoms. The van der Waals surface area contributed by atoms with E-state index in [9.17, 15) is 13.2 Å². The standard InChI is InChI=1S/C17H16ClF3N2S/c1-4-24-16-13(6-5-7-14(16)18)10(2)23-15-8-12(17(19,20)21)9-22-11(15)3/h5-9H,4H2,1-3H3. The number of halogens is 4. The third-order valence-corrected chi connectivity index (χ3v) is 4.77. The van der Waals surface area contributed by atoms with Gasteiger partial charge in [-0.2, -0.15) is 13.2 Å². The average molecular weight is 373 g/mol. The summed E-state index contributed by atoms with van der Waals surface area (Å²) in [6.07, 6.45) is -3.63. The van der Waals surface area contributed by atoms with Gasteiger partial charge in [-0.1, -0.05) is 30.7 Å². The molecule has 1 aromatic heterocycles. The molecule has 0 unspecified atom stereocenters. The molecule has 0 saturated carbocycles. The van der Waals surface area contributed by atoms with E-state index in [1.54, 1.807) is 37.7 Å². The van der Waals surface area contributed by atoms with Crippen molar-refractivity contribution < 1.29 is 13.2 Å². The minimum absolute atomic E-state index is 0.203. The van der Waals surface area contributed by atoms with Gasteiger partial charge in [0.05, 0.1) is 22.0 Å². The van der Waals surface area contributed by atoms with Crippen molar-refractivity contribution in [3.63, 3.8) is 0 Å². The lowest BCUT2D eigenvalue weighted by Gasteiger charge is -2.12. The lowest BCUT2D eigenvalue weighted by atomic mass is 10.1. The van der Waals surface area contributed by atoms with Gasteiger partial charge in [0.15, 0.2) is 0 Å². The van der Waals surface area contributed by atoms with Crippen LogP contribution in [0.25, 0.3) is 0 Å². The Labute approximate surface area is 148 Å². The molecule has 0 radical (unpaired) electrons. The van der Waals surface area contributed by atoms with Gasteiger partial charge in [0, 0.05) is 22.4 Å². The Bertz CT molecular complexity index is 773. The van der Waals surface area contributed by atoms with Crippen LogP contribution in [0.3, 0.4) is 0 Å². The van der Waals surface area contributed by atoms with Crippen molar-refractivity contribution in [3.05, 3.63) is 52.3 Å². The highest BCUT2D eigenvalue weighted by Gasteiger charge is 2.31. The normalized spacial score (nSPS) is 12.5. The van der Waals surface area contributed by atoms with Crippen molar-refractivity contribution in [2.75, 3.05) is 5.75 Å². The number of aliphatic imine (C=N–C) groups is 1. The fourth-order valence-corrected chi connectivity index (χ4v) is 3.32. The van der Waals surface area contributed by atoms with E-state index < -0.39 is 11.7 Å². The lowest BCUT2D eigenvalue weighted by Crippen LogP contribution is -2.06. The fraction of sp³-hybridized carbons (Fsp3) is 0.294. The number of alkyl halides is 3. The van der Waals surface area contributed by atoms with Crippen molar-refractivity contribution in [1.29, 1.82) is 0 Å². The largest absolute Gasteiger partial charge is 0.417 e. The summed E-state index contributed by atoms with van der Waals surface area (Å²) in [6, 6.07) is 6.46. The van der Waals surface area contributed by atoms with Crippen molar-refractivity contribution in [3.8, 4) is 0 Å². The molecular weight excluding hydrogens is 357 g/mol. The van der Waals surface area contributed by atoms with E-state index in [0.29, 0.717) is 16.4 Å². The number of pyridine rings is 1. The van der Waals surface area contributed by atoms with E-state index in [0.717, 1.165) is 28.5 Å². The van der Waals surface area contributed by atoms with Crippen LogP contribution in [0.15, 0.2) is 40.4 Å². The first-order valence-corrected chi connectivity index (χ1v) is 8.61. The Kier molecular flexibility index (Phi) is 5.93. The van der Waals surface area contributed by atoms with Crippen molar-refractivity contribution in [2.24, 2.45) is 4.99 Å². The highest BCUT2D eigenvalue weighted by Crippen LogP contribution is 2.34. The molecule has 0 spiro atoms. The predicted molar refractivity (Wildman–Crippen MR) is 93.7 cm³/mol. The van der Waals surface area contributed by atoms with Crippen LogP contribution in [-0.2, 0) is 6.18 Å². The van der Waals surface area contributed by atoms with Gasteiger partial charge in [-0.05, 0) is 31.7 Å². The maximum Gasteiger partial charge on any atom is 0.417 e. The molecule has 0 aliphatic carbocycles. The number of aromatic nitrogens is 1. The number of benzene rings is 1. The van der Waals surface area contributed by atoms with Crippen molar-refractivity contribution in [1.82, 2.24) is 4.98 Å². The maximum atomic E-state index is 12.9. The summed E-state index contributed by atoms with van der Waals surface area (Å²) in [5.74, 6) is 0.828. The summed E-state index contributed by atoms with van der Waals surface area (Å²) >= 11 is 7.81. The minimum Gasteiger partial charge on any atom is -0.259 e. The Morgan fingerprint density at radius 1 is 1.33 bits per heavy atom. The van der Waals surface area contributed by atoms with E-state index in [1.165, 1.54) is 0 Å². The maximum absolute atomic E-state index is 12.9. The number of hydrogen-bond acceptors (Lipinski definition) is 3. The van der Waals surface area contributed by atoms with Crippen LogP contribution in [0.1, 0.15) is 30.7 Å². The summed E-state index contributed by atoms with van der Waals surface area (Å²) in [5, 5.41) is 0.604. The van der Waals surface area contributed by atoms with E-state index in [2.05, 4.69) is 9.98 Å². The lowest BCUT2D eigenvalue weighted by molar-refractivity contribution is -0.137. The summed E-state index contributed by atoms with van der Waals surface area (Å²) < 4.78 is 38.6. The molecule has 2 rings (SSSR count). The van der Waals surface area contributed by atoms with Crippen LogP contribution in [0.2, 0.25) is 5.02 Å². The van der Waals surface area contributed by atoms with Crippen molar-refractivity contribution in [2.45, 2.75) is 31.8 Å². The Hall–Kier alpha value is -1.53. The van der Waals surface area contributed by atoms with E-state index in [-0.39, 0.29) is 5.69 Å². The van der Waals surface area contributed by atoms with Crippen LogP contribution in [0.5, 0.6) is 0 Å². The number of aryl methyl sites for hydroxylation is 1. The smallest absolute Gasteiger partial charge is 0.259 e. The second-order valence-electron chi connectivity index (χ2n) is 5.07. The topological polar surface area (TPSA) is 25.2 Å². The Balaban J connectivity index is 2.51. The van der Waals surface area contributed by atoms with Crippen LogP contribution in [0.4, 0.5) is 18.9 Å². The molecule has 0 atom stereocenters. The summed E-state index contributed by atoms with van der Waals surface area (Å²) in [7, 11) is 0. The zero-order valence-corrected chi connectivity index (χ0v) is 15.0. The molecule has 0 bridgehead atoms. The molecule has 1 heterocycles. The molecule has 128 valence electrons. The van der Waals surface area contributed by atoms with Crippen LogP contribution in [0, 0.1) is 6.92 Å². The fourth-order valence-electron chi connectivity index (χ4n) is 2.12. The monoisotopic (exact) mass is 372 g/mol. The van der Waals surface area contributed by atoms with Gasteiger partial charge in [0.2, 0.25) is 0 Å². The van der Waals surface area contributed by atoms with Crippen LogP contribution < -0.4 is 0 Å². The first-order valence-electron chi connectivity index (χ1n) is 7.24. The molecule has 7 heteroatoms. The zero-order valence-electron chi connectivity index (χ0n) is 13.4. The zero-order chi connectivity index (χ0) is 17.9. The summed E-state index contributed by atoms with van der Waals surface area (Å²) in [6.45, 7) is 5.39. The predicted octanol–water partition coefficient (Wildman–Crippen LogP) is 6.31. The second kappa shape index (κ2) is 7.57. The molecule has 0 saturated heterocycles. The van der Waals surface area contributed by atoms with Crippen LogP contribution >= 0.6 is 23.4 Å². The quantitative estimate of drug-likeness (QED) is 0.463. The van der Waals surface area contributed by atoms with E-state index >= 15 is 0 Å². The summed E-state index contributed by atoms with van der Waals surface area (Å²) in [5.41, 5.74) is 1.24. The molecule has 2 aromatic rings. The first kappa shape index (κ1) is 18.8. The molecular formula is C17H16ClF3N2S. The van der Waals surface area contributed by atoms with E-state index in [4.69, 9.17) is 11.6 Å². The third kappa shape index (κ3) is 4.30. The van der Waals surface area contributed by atoms with Gasteiger partial charge in [-0.3, -0.25) is 9.98 Å².